The lowest BCUT2D eigenvalue weighted by Crippen LogP contribution is -2.15. The van der Waals surface area contributed by atoms with Gasteiger partial charge in [0.2, 0.25) is 0 Å². The molecule has 1 unspecified atom stereocenters. The maximum atomic E-state index is 12.8. The molecule has 1 aliphatic rings. The normalized spacial score (nSPS) is 17.3. The Morgan fingerprint density at radius 1 is 1.33 bits per heavy atom. The molecule has 98 valence electrons. The van der Waals surface area contributed by atoms with E-state index in [9.17, 15) is 13.2 Å². The molecule has 0 amide bonds. The summed E-state index contributed by atoms with van der Waals surface area (Å²) in [4.78, 5) is 0. The van der Waals surface area contributed by atoms with E-state index in [0.717, 1.165) is 12.5 Å². The smallest absolute Gasteiger partial charge is 0.417 e. The summed E-state index contributed by atoms with van der Waals surface area (Å²) >= 11 is 2.89. The Balaban J connectivity index is 2.35. The Kier molecular flexibility index (Phi) is 3.68. The van der Waals surface area contributed by atoms with E-state index in [1.54, 1.807) is 12.1 Å². The van der Waals surface area contributed by atoms with Crippen molar-refractivity contribution in [2.75, 3.05) is 6.61 Å². The monoisotopic (exact) mass is 321 g/mol. The zero-order valence-electron chi connectivity index (χ0n) is 9.30. The van der Waals surface area contributed by atoms with Crippen LogP contribution >= 0.6 is 15.9 Å². The van der Waals surface area contributed by atoms with Crippen molar-refractivity contribution in [3.63, 3.8) is 0 Å². The summed E-state index contributed by atoms with van der Waals surface area (Å²) in [5, 5.41) is 0. The van der Waals surface area contributed by atoms with Crippen LogP contribution in [0.2, 0.25) is 0 Å². The molecule has 2 N–H and O–H groups in total. The van der Waals surface area contributed by atoms with Gasteiger partial charge in [-0.25, -0.2) is 0 Å². The van der Waals surface area contributed by atoms with Gasteiger partial charge in [-0.1, -0.05) is 22.0 Å². The molecule has 0 fully saturated rings. The van der Waals surface area contributed by atoms with Crippen LogP contribution in [0.25, 0.3) is 0 Å². The van der Waals surface area contributed by atoms with E-state index >= 15 is 0 Å². The summed E-state index contributed by atoms with van der Waals surface area (Å²) in [6, 6.07) is 3.32. The molecular weight excluding hydrogens is 311 g/mol. The number of rotatable bonds is 2. The molecule has 0 saturated carbocycles. The second-order valence-corrected chi connectivity index (χ2v) is 4.81. The Morgan fingerprint density at radius 2 is 2.06 bits per heavy atom. The highest BCUT2D eigenvalue weighted by atomic mass is 79.9. The molecule has 1 atom stereocenters. The molecule has 6 heteroatoms. The predicted octanol–water partition coefficient (Wildman–Crippen LogP) is 3.77. The summed E-state index contributed by atoms with van der Waals surface area (Å²) in [5.74, 6) is 0.533. The standard InChI is InChI=1S/C12H11BrF3NO/c13-9-4-3-7(6-8(9)12(14,15)16)11(17)10-2-1-5-18-10/h2-4,6,11H,1,5,17H2. The van der Waals surface area contributed by atoms with Crippen LogP contribution in [0.1, 0.15) is 23.6 Å². The van der Waals surface area contributed by atoms with E-state index in [-0.39, 0.29) is 4.47 Å². The fourth-order valence-corrected chi connectivity index (χ4v) is 2.24. The Labute approximate surface area is 111 Å². The second-order valence-electron chi connectivity index (χ2n) is 3.96. The molecule has 1 heterocycles. The summed E-state index contributed by atoms with van der Waals surface area (Å²) < 4.78 is 43.5. The van der Waals surface area contributed by atoms with Crippen LogP contribution in [0.4, 0.5) is 13.2 Å². The number of hydrogen-bond donors (Lipinski definition) is 1. The number of alkyl halides is 3. The van der Waals surface area contributed by atoms with Gasteiger partial charge in [-0.2, -0.15) is 13.2 Å². The van der Waals surface area contributed by atoms with Crippen molar-refractivity contribution in [2.24, 2.45) is 5.73 Å². The molecule has 2 rings (SSSR count). The van der Waals surface area contributed by atoms with E-state index in [0.29, 0.717) is 17.9 Å². The Hall–Kier alpha value is -1.01. The average Bonchev–Trinajstić information content (AvgIpc) is 2.80. The molecule has 0 spiro atoms. The van der Waals surface area contributed by atoms with Crippen LogP contribution in [0.15, 0.2) is 34.5 Å². The molecular formula is C12H11BrF3NO. The summed E-state index contributed by atoms with van der Waals surface area (Å²) in [6.07, 6.45) is -1.86. The number of nitrogens with two attached hydrogens (primary N) is 1. The van der Waals surface area contributed by atoms with E-state index < -0.39 is 17.8 Å². The number of ether oxygens (including phenoxy) is 1. The van der Waals surface area contributed by atoms with Crippen molar-refractivity contribution >= 4 is 15.9 Å². The minimum absolute atomic E-state index is 0.00673. The average molecular weight is 322 g/mol. The van der Waals surface area contributed by atoms with E-state index in [1.807, 2.05) is 0 Å². The first-order valence-electron chi connectivity index (χ1n) is 5.34. The van der Waals surface area contributed by atoms with Gasteiger partial charge in [0.15, 0.2) is 0 Å². The predicted molar refractivity (Wildman–Crippen MR) is 64.7 cm³/mol. The van der Waals surface area contributed by atoms with Crippen LogP contribution in [0.3, 0.4) is 0 Å². The van der Waals surface area contributed by atoms with Gasteiger partial charge >= 0.3 is 6.18 Å². The van der Waals surface area contributed by atoms with Crippen LogP contribution in [-0.2, 0) is 10.9 Å². The van der Waals surface area contributed by atoms with Gasteiger partial charge in [0.1, 0.15) is 5.76 Å². The molecule has 1 aromatic carbocycles. The van der Waals surface area contributed by atoms with Gasteiger partial charge < -0.3 is 10.5 Å². The van der Waals surface area contributed by atoms with Crippen LogP contribution in [0, 0.1) is 0 Å². The SMILES string of the molecule is NC(C1=CCCO1)c1ccc(Br)c(C(F)(F)F)c1. The van der Waals surface area contributed by atoms with Gasteiger partial charge in [0.05, 0.1) is 18.2 Å². The maximum Gasteiger partial charge on any atom is 0.417 e. The Morgan fingerprint density at radius 3 is 2.61 bits per heavy atom. The van der Waals surface area contributed by atoms with Gasteiger partial charge in [-0.05, 0) is 23.8 Å². The number of hydrogen-bond acceptors (Lipinski definition) is 2. The first kappa shape index (κ1) is 13.4. The van der Waals surface area contributed by atoms with Crippen molar-refractivity contribution in [3.05, 3.63) is 45.6 Å². The molecule has 0 bridgehead atoms. The summed E-state index contributed by atoms with van der Waals surface area (Å²) in [5.41, 5.74) is 5.55. The highest BCUT2D eigenvalue weighted by Gasteiger charge is 2.33. The maximum absolute atomic E-state index is 12.8. The minimum atomic E-state index is -4.40. The molecule has 1 aromatic rings. The lowest BCUT2D eigenvalue weighted by Gasteiger charge is -2.16. The Bertz CT molecular complexity index is 485. The molecule has 0 aliphatic carbocycles. The largest absolute Gasteiger partial charge is 0.496 e. The van der Waals surface area contributed by atoms with Crippen LogP contribution in [-0.4, -0.2) is 6.61 Å². The van der Waals surface area contributed by atoms with E-state index in [2.05, 4.69) is 15.9 Å². The van der Waals surface area contributed by atoms with Crippen molar-refractivity contribution in [3.8, 4) is 0 Å². The molecule has 0 aromatic heterocycles. The number of halogens is 4. The molecule has 0 radical (unpaired) electrons. The second kappa shape index (κ2) is 4.93. The third-order valence-corrected chi connectivity index (χ3v) is 3.39. The fourth-order valence-electron chi connectivity index (χ4n) is 1.77. The molecule has 2 nitrogen and oxygen atoms in total. The van der Waals surface area contributed by atoms with Gasteiger partial charge in [-0.3, -0.25) is 0 Å². The van der Waals surface area contributed by atoms with E-state index in [1.165, 1.54) is 6.07 Å². The van der Waals surface area contributed by atoms with Crippen molar-refractivity contribution in [1.29, 1.82) is 0 Å². The lowest BCUT2D eigenvalue weighted by atomic mass is 10.0. The zero-order valence-corrected chi connectivity index (χ0v) is 10.9. The molecule has 0 saturated heterocycles. The van der Waals surface area contributed by atoms with Gasteiger partial charge in [-0.15, -0.1) is 0 Å². The number of benzene rings is 1. The summed E-state index contributed by atoms with van der Waals surface area (Å²) in [6.45, 7) is 0.533. The van der Waals surface area contributed by atoms with Crippen LogP contribution < -0.4 is 5.73 Å². The quantitative estimate of drug-likeness (QED) is 0.899. The minimum Gasteiger partial charge on any atom is -0.496 e. The summed E-state index contributed by atoms with van der Waals surface area (Å²) in [7, 11) is 0. The van der Waals surface area contributed by atoms with Crippen molar-refractivity contribution in [2.45, 2.75) is 18.6 Å². The third-order valence-electron chi connectivity index (χ3n) is 2.69. The lowest BCUT2D eigenvalue weighted by molar-refractivity contribution is -0.138. The van der Waals surface area contributed by atoms with Crippen molar-refractivity contribution < 1.29 is 17.9 Å². The van der Waals surface area contributed by atoms with Crippen LogP contribution in [0.5, 0.6) is 0 Å². The van der Waals surface area contributed by atoms with E-state index in [4.69, 9.17) is 10.5 Å². The fraction of sp³-hybridized carbons (Fsp3) is 0.333. The van der Waals surface area contributed by atoms with Crippen molar-refractivity contribution in [1.82, 2.24) is 0 Å². The molecule has 1 aliphatic heterocycles. The third kappa shape index (κ3) is 2.70. The molecule has 18 heavy (non-hydrogen) atoms. The highest BCUT2D eigenvalue weighted by Crippen LogP contribution is 2.37. The van der Waals surface area contributed by atoms with Gasteiger partial charge in [0, 0.05) is 10.9 Å². The first-order valence-corrected chi connectivity index (χ1v) is 6.14. The topological polar surface area (TPSA) is 35.2 Å². The first-order chi connectivity index (χ1) is 8.39. The highest BCUT2D eigenvalue weighted by molar-refractivity contribution is 9.10. The van der Waals surface area contributed by atoms with Gasteiger partial charge in [0.25, 0.3) is 0 Å². The zero-order chi connectivity index (χ0) is 13.3.